The van der Waals surface area contributed by atoms with Crippen LogP contribution in [0.15, 0.2) is 48.5 Å². The maximum atomic E-state index is 13.1. The standard InChI is InChI=1S/C22H24ClFN2O2/c23-17-3-7-19(8-4-17)28-21-14-25-13-20(21)26-11-9-16(10-12-26)22(27)15-1-5-18(24)6-2-15/h1-8,16,20-21,25H,9-14H2/t20-,21-/m0/s1. The Morgan fingerprint density at radius 1 is 1.04 bits per heavy atom. The molecule has 2 aliphatic rings. The lowest BCUT2D eigenvalue weighted by Gasteiger charge is -2.37. The molecule has 2 aromatic carbocycles. The predicted molar refractivity (Wildman–Crippen MR) is 108 cm³/mol. The largest absolute Gasteiger partial charge is 0.487 e. The lowest BCUT2D eigenvalue weighted by molar-refractivity contribution is 0.0620. The SMILES string of the molecule is O=C(c1ccc(F)cc1)C1CCN([C@H]2CNC[C@@H]2Oc2ccc(Cl)cc2)CC1. The maximum Gasteiger partial charge on any atom is 0.166 e. The van der Waals surface area contributed by atoms with Crippen LogP contribution in [0.4, 0.5) is 4.39 Å². The van der Waals surface area contributed by atoms with Gasteiger partial charge in [0.1, 0.15) is 17.7 Å². The molecule has 4 rings (SSSR count). The number of halogens is 2. The number of piperidine rings is 1. The molecule has 0 amide bonds. The van der Waals surface area contributed by atoms with Crippen molar-refractivity contribution in [2.45, 2.75) is 25.0 Å². The summed E-state index contributed by atoms with van der Waals surface area (Å²) in [4.78, 5) is 15.1. The van der Waals surface area contributed by atoms with E-state index in [0.29, 0.717) is 10.6 Å². The van der Waals surface area contributed by atoms with E-state index in [0.717, 1.165) is 44.8 Å². The van der Waals surface area contributed by atoms with Crippen LogP contribution in [0.25, 0.3) is 0 Å². The molecule has 2 saturated heterocycles. The van der Waals surface area contributed by atoms with E-state index >= 15 is 0 Å². The van der Waals surface area contributed by atoms with Gasteiger partial charge in [-0.05, 0) is 74.5 Å². The minimum absolute atomic E-state index is 0.00621. The van der Waals surface area contributed by atoms with E-state index in [4.69, 9.17) is 16.3 Å². The van der Waals surface area contributed by atoms with E-state index in [-0.39, 0.29) is 29.7 Å². The smallest absolute Gasteiger partial charge is 0.166 e. The highest BCUT2D eigenvalue weighted by molar-refractivity contribution is 6.30. The lowest BCUT2D eigenvalue weighted by atomic mass is 9.88. The predicted octanol–water partition coefficient (Wildman–Crippen LogP) is 3.79. The molecule has 2 aliphatic heterocycles. The second kappa shape index (κ2) is 8.60. The summed E-state index contributed by atoms with van der Waals surface area (Å²) in [7, 11) is 0. The van der Waals surface area contributed by atoms with Crippen molar-refractivity contribution < 1.29 is 13.9 Å². The highest BCUT2D eigenvalue weighted by atomic mass is 35.5. The van der Waals surface area contributed by atoms with Gasteiger partial charge in [0.25, 0.3) is 0 Å². The second-order valence-corrected chi connectivity index (χ2v) is 7.95. The summed E-state index contributed by atoms with van der Waals surface area (Å²) >= 11 is 5.95. The van der Waals surface area contributed by atoms with Crippen molar-refractivity contribution in [2.24, 2.45) is 5.92 Å². The number of ether oxygens (including phenoxy) is 1. The average molecular weight is 403 g/mol. The van der Waals surface area contributed by atoms with Crippen LogP contribution in [-0.4, -0.2) is 49.0 Å². The molecule has 0 unspecified atom stereocenters. The summed E-state index contributed by atoms with van der Waals surface area (Å²) < 4.78 is 19.3. The Bertz CT molecular complexity index is 804. The molecule has 0 aromatic heterocycles. The molecule has 1 N–H and O–H groups in total. The Kier molecular flexibility index (Phi) is 5.95. The number of benzene rings is 2. The van der Waals surface area contributed by atoms with Gasteiger partial charge in [-0.25, -0.2) is 4.39 Å². The number of carbonyl (C=O) groups excluding carboxylic acids is 1. The van der Waals surface area contributed by atoms with Gasteiger partial charge < -0.3 is 10.1 Å². The second-order valence-electron chi connectivity index (χ2n) is 7.52. The zero-order chi connectivity index (χ0) is 19.5. The van der Waals surface area contributed by atoms with E-state index in [9.17, 15) is 9.18 Å². The van der Waals surface area contributed by atoms with Gasteiger partial charge in [0.2, 0.25) is 0 Å². The molecule has 6 heteroatoms. The highest BCUT2D eigenvalue weighted by Crippen LogP contribution is 2.26. The van der Waals surface area contributed by atoms with Gasteiger partial charge in [0.15, 0.2) is 5.78 Å². The van der Waals surface area contributed by atoms with Crippen LogP contribution in [0, 0.1) is 11.7 Å². The number of Topliss-reactive ketones (excluding diaryl/α,β-unsaturated/α-hetero) is 1. The molecule has 2 heterocycles. The average Bonchev–Trinajstić information content (AvgIpc) is 3.18. The highest BCUT2D eigenvalue weighted by Gasteiger charge is 2.36. The molecule has 4 nitrogen and oxygen atoms in total. The van der Waals surface area contributed by atoms with Crippen LogP contribution < -0.4 is 10.1 Å². The normalized spacial score (nSPS) is 23.6. The summed E-state index contributed by atoms with van der Waals surface area (Å²) in [6.45, 7) is 3.42. The Morgan fingerprint density at radius 2 is 1.71 bits per heavy atom. The fraction of sp³-hybridized carbons (Fsp3) is 0.409. The number of nitrogens with zero attached hydrogens (tertiary/aromatic N) is 1. The minimum Gasteiger partial charge on any atom is -0.487 e. The van der Waals surface area contributed by atoms with Crippen LogP contribution in [0.3, 0.4) is 0 Å². The zero-order valence-corrected chi connectivity index (χ0v) is 16.4. The lowest BCUT2D eigenvalue weighted by Crippen LogP contribution is -2.49. The Labute approximate surface area is 169 Å². The third kappa shape index (κ3) is 4.37. The first-order chi connectivity index (χ1) is 13.6. The van der Waals surface area contributed by atoms with Crippen molar-refractivity contribution in [3.05, 3.63) is 64.9 Å². The Hall–Kier alpha value is -1.95. The number of ketones is 1. The summed E-state index contributed by atoms with van der Waals surface area (Å²) in [5.74, 6) is 0.640. The molecule has 2 aromatic rings. The van der Waals surface area contributed by atoms with Crippen molar-refractivity contribution in [3.8, 4) is 5.75 Å². The van der Waals surface area contributed by atoms with Crippen molar-refractivity contribution in [2.75, 3.05) is 26.2 Å². The van der Waals surface area contributed by atoms with Crippen LogP contribution in [0.5, 0.6) is 5.75 Å². The first-order valence-corrected chi connectivity index (χ1v) is 10.1. The molecule has 0 bridgehead atoms. The molecule has 0 saturated carbocycles. The quantitative estimate of drug-likeness (QED) is 0.772. The fourth-order valence-corrected chi connectivity index (χ4v) is 4.28. The molecule has 2 fully saturated rings. The number of hydrogen-bond donors (Lipinski definition) is 1. The van der Waals surface area contributed by atoms with Gasteiger partial charge in [-0.3, -0.25) is 9.69 Å². The van der Waals surface area contributed by atoms with Gasteiger partial charge in [0, 0.05) is 29.6 Å². The van der Waals surface area contributed by atoms with Crippen molar-refractivity contribution in [1.82, 2.24) is 10.2 Å². The molecular formula is C22H24ClFN2O2. The molecule has 0 spiro atoms. The number of carbonyl (C=O) groups is 1. The minimum atomic E-state index is -0.313. The van der Waals surface area contributed by atoms with Crippen molar-refractivity contribution in [1.29, 1.82) is 0 Å². The van der Waals surface area contributed by atoms with Gasteiger partial charge in [-0.15, -0.1) is 0 Å². The van der Waals surface area contributed by atoms with Crippen LogP contribution in [0.1, 0.15) is 23.2 Å². The zero-order valence-electron chi connectivity index (χ0n) is 15.6. The number of hydrogen-bond acceptors (Lipinski definition) is 4. The van der Waals surface area contributed by atoms with E-state index in [1.54, 1.807) is 12.1 Å². The van der Waals surface area contributed by atoms with Gasteiger partial charge in [-0.2, -0.15) is 0 Å². The van der Waals surface area contributed by atoms with E-state index < -0.39 is 0 Å². The summed E-state index contributed by atoms with van der Waals surface area (Å²) in [5, 5.41) is 4.12. The topological polar surface area (TPSA) is 41.6 Å². The maximum absolute atomic E-state index is 13.1. The monoisotopic (exact) mass is 402 g/mol. The third-order valence-corrected chi connectivity index (χ3v) is 5.98. The van der Waals surface area contributed by atoms with Gasteiger partial charge >= 0.3 is 0 Å². The first-order valence-electron chi connectivity index (χ1n) is 9.77. The van der Waals surface area contributed by atoms with Crippen molar-refractivity contribution in [3.63, 3.8) is 0 Å². The summed E-state index contributed by atoms with van der Waals surface area (Å²) in [6, 6.07) is 13.6. The van der Waals surface area contributed by atoms with E-state index in [2.05, 4.69) is 10.2 Å². The molecule has 0 aliphatic carbocycles. The third-order valence-electron chi connectivity index (χ3n) is 5.73. The molecule has 28 heavy (non-hydrogen) atoms. The number of likely N-dealkylation sites (tertiary alicyclic amines) is 1. The van der Waals surface area contributed by atoms with Crippen LogP contribution in [-0.2, 0) is 0 Å². The summed E-state index contributed by atoms with van der Waals surface area (Å²) in [6.07, 6.45) is 1.71. The number of rotatable bonds is 5. The number of nitrogens with one attached hydrogen (secondary N) is 1. The van der Waals surface area contributed by atoms with Crippen molar-refractivity contribution >= 4 is 17.4 Å². The molecule has 2 atom stereocenters. The summed E-state index contributed by atoms with van der Waals surface area (Å²) in [5.41, 5.74) is 0.603. The Morgan fingerprint density at radius 3 is 2.39 bits per heavy atom. The molecule has 0 radical (unpaired) electrons. The van der Waals surface area contributed by atoms with Gasteiger partial charge in [-0.1, -0.05) is 11.6 Å². The van der Waals surface area contributed by atoms with E-state index in [1.165, 1.54) is 12.1 Å². The molecular weight excluding hydrogens is 379 g/mol. The van der Waals surface area contributed by atoms with Crippen LogP contribution >= 0.6 is 11.6 Å². The molecule has 148 valence electrons. The van der Waals surface area contributed by atoms with Crippen LogP contribution in [0.2, 0.25) is 5.02 Å². The van der Waals surface area contributed by atoms with E-state index in [1.807, 2.05) is 24.3 Å². The van der Waals surface area contributed by atoms with Gasteiger partial charge in [0.05, 0.1) is 6.04 Å². The fourth-order valence-electron chi connectivity index (χ4n) is 4.16. The Balaban J connectivity index is 1.34. The first kappa shape index (κ1) is 19.4.